The summed E-state index contributed by atoms with van der Waals surface area (Å²) in [5, 5.41) is 0.188. The SMILES string of the molecule is O=c1oc(SCc2ccc(C(F)(F)F)cc2)nc2cc(F)ccc12. The highest BCUT2D eigenvalue weighted by atomic mass is 32.2. The highest BCUT2D eigenvalue weighted by molar-refractivity contribution is 7.98. The average molecular weight is 355 g/mol. The summed E-state index contributed by atoms with van der Waals surface area (Å²) in [7, 11) is 0. The number of alkyl halides is 3. The molecule has 0 saturated heterocycles. The maximum absolute atomic E-state index is 13.2. The zero-order valence-electron chi connectivity index (χ0n) is 11.9. The van der Waals surface area contributed by atoms with E-state index < -0.39 is 23.2 Å². The minimum absolute atomic E-state index is 0.0259. The van der Waals surface area contributed by atoms with Crippen LogP contribution in [0.15, 0.2) is 56.9 Å². The number of fused-ring (bicyclic) bond motifs is 1. The van der Waals surface area contributed by atoms with E-state index in [0.717, 1.165) is 36.0 Å². The second-order valence-electron chi connectivity index (χ2n) is 4.91. The molecule has 24 heavy (non-hydrogen) atoms. The van der Waals surface area contributed by atoms with Crippen LogP contribution in [0.3, 0.4) is 0 Å². The van der Waals surface area contributed by atoms with Crippen molar-refractivity contribution in [2.45, 2.75) is 17.2 Å². The second-order valence-corrected chi connectivity index (χ2v) is 5.84. The Hall–Kier alpha value is -2.35. The molecule has 2 aromatic carbocycles. The van der Waals surface area contributed by atoms with Crippen LogP contribution in [-0.4, -0.2) is 4.98 Å². The zero-order valence-corrected chi connectivity index (χ0v) is 12.7. The number of nitrogens with zero attached hydrogens (tertiary/aromatic N) is 1. The van der Waals surface area contributed by atoms with E-state index >= 15 is 0 Å². The fourth-order valence-electron chi connectivity index (χ4n) is 2.02. The number of halogens is 4. The van der Waals surface area contributed by atoms with Gasteiger partial charge in [0.25, 0.3) is 5.22 Å². The minimum atomic E-state index is -4.39. The number of benzene rings is 2. The Morgan fingerprint density at radius 2 is 1.79 bits per heavy atom. The molecule has 0 atom stereocenters. The van der Waals surface area contributed by atoms with E-state index in [0.29, 0.717) is 5.56 Å². The molecule has 0 bridgehead atoms. The van der Waals surface area contributed by atoms with Crippen LogP contribution in [-0.2, 0) is 11.9 Å². The quantitative estimate of drug-likeness (QED) is 0.507. The highest BCUT2D eigenvalue weighted by Crippen LogP contribution is 2.30. The summed E-state index contributed by atoms with van der Waals surface area (Å²) in [4.78, 5) is 15.9. The molecule has 0 fully saturated rings. The van der Waals surface area contributed by atoms with Crippen molar-refractivity contribution in [2.75, 3.05) is 0 Å². The number of aromatic nitrogens is 1. The van der Waals surface area contributed by atoms with Crippen molar-refractivity contribution in [2.24, 2.45) is 0 Å². The monoisotopic (exact) mass is 355 g/mol. The van der Waals surface area contributed by atoms with Crippen LogP contribution in [0.5, 0.6) is 0 Å². The molecular weight excluding hydrogens is 346 g/mol. The molecular formula is C16H9F4NO2S. The van der Waals surface area contributed by atoms with Crippen LogP contribution >= 0.6 is 11.8 Å². The van der Waals surface area contributed by atoms with E-state index in [2.05, 4.69) is 4.98 Å². The van der Waals surface area contributed by atoms with E-state index in [1.807, 2.05) is 0 Å². The predicted octanol–water partition coefficient (Wildman–Crippen LogP) is 4.64. The molecule has 124 valence electrons. The van der Waals surface area contributed by atoms with E-state index in [9.17, 15) is 22.4 Å². The topological polar surface area (TPSA) is 43.1 Å². The van der Waals surface area contributed by atoms with Gasteiger partial charge in [-0.05, 0) is 29.8 Å². The first kappa shape index (κ1) is 16.5. The van der Waals surface area contributed by atoms with Gasteiger partial charge in [-0.1, -0.05) is 23.9 Å². The summed E-state index contributed by atoms with van der Waals surface area (Å²) in [5.41, 5.74) is -0.602. The number of thioether (sulfide) groups is 1. The van der Waals surface area contributed by atoms with Crippen LogP contribution < -0.4 is 5.63 Å². The molecule has 0 unspecified atom stereocenters. The molecule has 0 spiro atoms. The first-order chi connectivity index (χ1) is 11.3. The van der Waals surface area contributed by atoms with Crippen molar-refractivity contribution < 1.29 is 22.0 Å². The predicted molar refractivity (Wildman–Crippen MR) is 81.2 cm³/mol. The Balaban J connectivity index is 1.79. The Kier molecular flexibility index (Phi) is 4.31. The smallest absolute Gasteiger partial charge is 0.397 e. The van der Waals surface area contributed by atoms with Gasteiger partial charge in [0.05, 0.1) is 16.5 Å². The van der Waals surface area contributed by atoms with E-state index in [-0.39, 0.29) is 21.9 Å². The van der Waals surface area contributed by atoms with Crippen molar-refractivity contribution in [3.05, 3.63) is 69.8 Å². The average Bonchev–Trinajstić information content (AvgIpc) is 2.52. The molecule has 3 aromatic rings. The lowest BCUT2D eigenvalue weighted by Gasteiger charge is -2.07. The second kappa shape index (κ2) is 6.27. The highest BCUT2D eigenvalue weighted by Gasteiger charge is 2.29. The summed E-state index contributed by atoms with van der Waals surface area (Å²) in [6.45, 7) is 0. The molecule has 0 N–H and O–H groups in total. The van der Waals surface area contributed by atoms with Crippen LogP contribution in [0.4, 0.5) is 17.6 Å². The fourth-order valence-corrected chi connectivity index (χ4v) is 2.80. The van der Waals surface area contributed by atoms with Gasteiger partial charge in [-0.15, -0.1) is 0 Å². The van der Waals surface area contributed by atoms with Gasteiger partial charge in [0, 0.05) is 11.8 Å². The van der Waals surface area contributed by atoms with Crippen LogP contribution in [0.1, 0.15) is 11.1 Å². The van der Waals surface area contributed by atoms with Gasteiger partial charge in [0.1, 0.15) is 5.82 Å². The van der Waals surface area contributed by atoms with Gasteiger partial charge >= 0.3 is 11.8 Å². The maximum Gasteiger partial charge on any atom is 0.416 e. The first-order valence-corrected chi connectivity index (χ1v) is 7.71. The Morgan fingerprint density at radius 1 is 1.08 bits per heavy atom. The van der Waals surface area contributed by atoms with E-state index in [1.54, 1.807) is 0 Å². The molecule has 3 nitrogen and oxygen atoms in total. The summed E-state index contributed by atoms with van der Waals surface area (Å²) in [6, 6.07) is 8.19. The summed E-state index contributed by atoms with van der Waals surface area (Å²) < 4.78 is 55.7. The van der Waals surface area contributed by atoms with Crippen LogP contribution in [0.2, 0.25) is 0 Å². The summed E-state index contributed by atoms with van der Waals surface area (Å²) in [6.07, 6.45) is -4.39. The maximum atomic E-state index is 13.2. The molecule has 1 aromatic heterocycles. The molecule has 0 amide bonds. The van der Waals surface area contributed by atoms with Gasteiger partial charge in [-0.2, -0.15) is 13.2 Å². The number of rotatable bonds is 3. The van der Waals surface area contributed by atoms with Crippen LogP contribution in [0.25, 0.3) is 10.9 Å². The largest absolute Gasteiger partial charge is 0.416 e. The molecule has 3 rings (SSSR count). The van der Waals surface area contributed by atoms with Crippen molar-refractivity contribution in [1.82, 2.24) is 4.98 Å². The lowest BCUT2D eigenvalue weighted by molar-refractivity contribution is -0.137. The Bertz CT molecular complexity index is 935. The summed E-state index contributed by atoms with van der Waals surface area (Å²) >= 11 is 1.04. The Labute approximate surface area is 137 Å². The van der Waals surface area contributed by atoms with Gasteiger partial charge in [0.2, 0.25) is 0 Å². The summed E-state index contributed by atoms with van der Waals surface area (Å²) in [5.74, 6) is -0.270. The van der Waals surface area contributed by atoms with Gasteiger partial charge in [-0.3, -0.25) is 0 Å². The molecule has 0 aliphatic rings. The van der Waals surface area contributed by atoms with Gasteiger partial charge < -0.3 is 4.42 Å². The third kappa shape index (κ3) is 3.59. The molecule has 1 heterocycles. The Morgan fingerprint density at radius 3 is 2.46 bits per heavy atom. The zero-order chi connectivity index (χ0) is 17.3. The van der Waals surface area contributed by atoms with Crippen LogP contribution in [0, 0.1) is 5.82 Å². The normalized spacial score (nSPS) is 11.8. The van der Waals surface area contributed by atoms with E-state index in [4.69, 9.17) is 4.42 Å². The van der Waals surface area contributed by atoms with Crippen molar-refractivity contribution in [3.63, 3.8) is 0 Å². The number of hydrogen-bond acceptors (Lipinski definition) is 4. The van der Waals surface area contributed by atoms with E-state index in [1.165, 1.54) is 18.2 Å². The lowest BCUT2D eigenvalue weighted by atomic mass is 10.1. The third-order valence-corrected chi connectivity index (χ3v) is 4.11. The third-order valence-electron chi connectivity index (χ3n) is 3.22. The molecule has 0 saturated carbocycles. The standard InChI is InChI=1S/C16H9F4NO2S/c17-11-5-6-12-13(7-11)21-15(23-14(12)22)24-8-9-1-3-10(4-2-9)16(18,19)20/h1-7H,8H2. The molecule has 0 radical (unpaired) electrons. The molecule has 8 heteroatoms. The lowest BCUT2D eigenvalue weighted by Crippen LogP contribution is -2.04. The molecule has 0 aliphatic carbocycles. The van der Waals surface area contributed by atoms with Crippen molar-refractivity contribution >= 4 is 22.7 Å². The first-order valence-electron chi connectivity index (χ1n) is 6.72. The number of hydrogen-bond donors (Lipinski definition) is 0. The minimum Gasteiger partial charge on any atom is -0.397 e. The fraction of sp³-hybridized carbons (Fsp3) is 0.125. The van der Waals surface area contributed by atoms with Crippen molar-refractivity contribution in [1.29, 1.82) is 0 Å². The van der Waals surface area contributed by atoms with Gasteiger partial charge in [-0.25, -0.2) is 14.2 Å². The van der Waals surface area contributed by atoms with Crippen molar-refractivity contribution in [3.8, 4) is 0 Å². The molecule has 0 aliphatic heterocycles. The van der Waals surface area contributed by atoms with Gasteiger partial charge in [0.15, 0.2) is 0 Å².